The molecule has 2 N–H and O–H groups in total. The maximum absolute atomic E-state index is 11.0. The molecular weight excluding hydrogens is 224 g/mol. The first-order valence-electron chi connectivity index (χ1n) is 5.14. The van der Waals surface area contributed by atoms with Crippen molar-refractivity contribution in [2.75, 3.05) is 0 Å². The largest absolute Gasteiger partial charge is 0.478 e. The van der Waals surface area contributed by atoms with Crippen LogP contribution in [0.1, 0.15) is 29.8 Å². The highest BCUT2D eigenvalue weighted by molar-refractivity contribution is 8.00. The van der Waals surface area contributed by atoms with Crippen LogP contribution in [0.5, 0.6) is 0 Å². The molecule has 1 aliphatic heterocycles. The van der Waals surface area contributed by atoms with Gasteiger partial charge in [0.25, 0.3) is 0 Å². The molecule has 1 aromatic rings. The zero-order chi connectivity index (χ0) is 11.9. The molecule has 0 saturated carbocycles. The average molecular weight is 238 g/mol. The summed E-state index contributed by atoms with van der Waals surface area (Å²) in [7, 11) is 0. The molecule has 1 aliphatic rings. The van der Waals surface area contributed by atoms with E-state index in [1.165, 1.54) is 11.8 Å². The summed E-state index contributed by atoms with van der Waals surface area (Å²) in [6.07, 6.45) is 0.727. The van der Waals surface area contributed by atoms with Gasteiger partial charge >= 0.3 is 5.97 Å². The summed E-state index contributed by atoms with van der Waals surface area (Å²) in [5.41, 5.74) is 0.575. The van der Waals surface area contributed by atoms with Gasteiger partial charge in [-0.2, -0.15) is 0 Å². The van der Waals surface area contributed by atoms with Crippen LogP contribution in [0.25, 0.3) is 0 Å². The number of hydrogen-bond acceptors (Lipinski definition) is 3. The normalized spacial score (nSPS) is 19.6. The average Bonchev–Trinajstić information content (AvgIpc) is 2.59. The second-order valence-electron chi connectivity index (χ2n) is 4.56. The number of aromatic carboxylic acids is 1. The lowest BCUT2D eigenvalue weighted by molar-refractivity contribution is 0.0692. The number of fused-ring (bicyclic) bond motifs is 1. The van der Waals surface area contributed by atoms with Gasteiger partial charge in [0, 0.05) is 10.1 Å². The predicted molar refractivity (Wildman–Crippen MR) is 63.0 cm³/mol. The van der Waals surface area contributed by atoms with Gasteiger partial charge in [0.15, 0.2) is 0 Å². The van der Waals surface area contributed by atoms with Gasteiger partial charge in [-0.3, -0.25) is 0 Å². The van der Waals surface area contributed by atoms with Crippen molar-refractivity contribution in [2.24, 2.45) is 0 Å². The van der Waals surface area contributed by atoms with E-state index in [0.29, 0.717) is 5.56 Å². The maximum atomic E-state index is 11.0. The van der Waals surface area contributed by atoms with Crippen molar-refractivity contribution in [3.8, 4) is 0 Å². The van der Waals surface area contributed by atoms with Crippen LogP contribution >= 0.6 is 11.8 Å². The van der Waals surface area contributed by atoms with E-state index in [-0.39, 0.29) is 5.25 Å². The molecule has 0 bridgehead atoms. The van der Waals surface area contributed by atoms with Gasteiger partial charge in [-0.25, -0.2) is 4.79 Å². The molecule has 1 atom stereocenters. The molecule has 0 amide bonds. The summed E-state index contributed by atoms with van der Waals surface area (Å²) in [5, 5.41) is 19.0. The molecule has 1 unspecified atom stereocenters. The predicted octanol–water partition coefficient (Wildman–Crippen LogP) is 2.17. The van der Waals surface area contributed by atoms with Gasteiger partial charge in [0.1, 0.15) is 0 Å². The molecule has 1 aromatic carbocycles. The quantitative estimate of drug-likeness (QED) is 0.829. The second-order valence-corrected chi connectivity index (χ2v) is 5.78. The number of carbonyl (C=O) groups is 1. The van der Waals surface area contributed by atoms with E-state index < -0.39 is 11.6 Å². The van der Waals surface area contributed by atoms with Crippen LogP contribution in [0, 0.1) is 0 Å². The Bertz CT molecular complexity index is 434. The van der Waals surface area contributed by atoms with Crippen LogP contribution in [0.15, 0.2) is 23.1 Å². The molecule has 0 radical (unpaired) electrons. The van der Waals surface area contributed by atoms with Gasteiger partial charge in [-0.05, 0) is 31.9 Å². The molecule has 0 aromatic heterocycles. The van der Waals surface area contributed by atoms with E-state index in [1.54, 1.807) is 26.0 Å². The summed E-state index contributed by atoms with van der Waals surface area (Å²) in [6.45, 7) is 3.52. The zero-order valence-electron chi connectivity index (χ0n) is 9.23. The highest BCUT2D eigenvalue weighted by Gasteiger charge is 2.35. The Morgan fingerprint density at radius 2 is 2.19 bits per heavy atom. The first-order valence-corrected chi connectivity index (χ1v) is 6.02. The molecule has 16 heavy (non-hydrogen) atoms. The minimum absolute atomic E-state index is 0.0306. The van der Waals surface area contributed by atoms with Crippen molar-refractivity contribution < 1.29 is 15.0 Å². The molecule has 4 heteroatoms. The molecule has 0 fully saturated rings. The fraction of sp³-hybridized carbons (Fsp3) is 0.417. The van der Waals surface area contributed by atoms with Crippen molar-refractivity contribution in [1.29, 1.82) is 0 Å². The lowest BCUT2D eigenvalue weighted by Crippen LogP contribution is -2.32. The standard InChI is InChI=1S/C12H14O3S/c1-12(2,15)9-6-7-4-3-5-8(11(13)14)10(7)16-9/h3-5,9,15H,6H2,1-2H3,(H,13,14). The number of hydrogen-bond donors (Lipinski definition) is 2. The molecule has 86 valence electrons. The smallest absolute Gasteiger partial charge is 0.336 e. The summed E-state index contributed by atoms with van der Waals surface area (Å²) in [5.74, 6) is -0.902. The molecule has 0 saturated heterocycles. The number of carboxylic acid groups (broad SMARTS) is 1. The van der Waals surface area contributed by atoms with E-state index in [4.69, 9.17) is 5.11 Å². The van der Waals surface area contributed by atoms with Crippen molar-refractivity contribution in [3.63, 3.8) is 0 Å². The van der Waals surface area contributed by atoms with Gasteiger partial charge in [0.2, 0.25) is 0 Å². The number of carboxylic acids is 1. The van der Waals surface area contributed by atoms with Crippen molar-refractivity contribution in [1.82, 2.24) is 0 Å². The topological polar surface area (TPSA) is 57.5 Å². The summed E-state index contributed by atoms with van der Waals surface area (Å²) in [6, 6.07) is 5.30. The Labute approximate surface area is 98.5 Å². The summed E-state index contributed by atoms with van der Waals surface area (Å²) < 4.78 is 0. The van der Waals surface area contributed by atoms with Gasteiger partial charge in [-0.1, -0.05) is 12.1 Å². The van der Waals surface area contributed by atoms with Crippen LogP contribution in [0.3, 0.4) is 0 Å². The summed E-state index contributed by atoms with van der Waals surface area (Å²) in [4.78, 5) is 11.8. The number of thioether (sulfide) groups is 1. The Hall–Kier alpha value is -1.00. The van der Waals surface area contributed by atoms with E-state index in [1.807, 2.05) is 6.07 Å². The SMILES string of the molecule is CC(C)(O)C1Cc2cccc(C(=O)O)c2S1. The molecule has 0 spiro atoms. The lowest BCUT2D eigenvalue weighted by Gasteiger charge is -2.24. The van der Waals surface area contributed by atoms with E-state index in [0.717, 1.165) is 16.9 Å². The number of aliphatic hydroxyl groups is 1. The fourth-order valence-corrected chi connectivity index (χ4v) is 3.25. The number of benzene rings is 1. The van der Waals surface area contributed by atoms with E-state index in [9.17, 15) is 9.90 Å². The van der Waals surface area contributed by atoms with Crippen molar-refractivity contribution in [3.05, 3.63) is 29.3 Å². The third-order valence-corrected chi connectivity index (χ3v) is 4.53. The maximum Gasteiger partial charge on any atom is 0.336 e. The van der Waals surface area contributed by atoms with E-state index >= 15 is 0 Å². The first kappa shape index (κ1) is 11.5. The zero-order valence-corrected chi connectivity index (χ0v) is 10.0. The molecule has 2 rings (SSSR count). The third-order valence-electron chi connectivity index (χ3n) is 2.78. The monoisotopic (exact) mass is 238 g/mol. The Morgan fingerprint density at radius 1 is 1.50 bits per heavy atom. The van der Waals surface area contributed by atoms with Crippen LogP contribution in [-0.4, -0.2) is 27.0 Å². The van der Waals surface area contributed by atoms with Crippen LogP contribution in [0.2, 0.25) is 0 Å². The highest BCUT2D eigenvalue weighted by atomic mass is 32.2. The second kappa shape index (κ2) is 3.79. The number of rotatable bonds is 2. The van der Waals surface area contributed by atoms with Gasteiger partial charge in [0.05, 0.1) is 11.2 Å². The molecular formula is C12H14O3S. The van der Waals surface area contributed by atoms with Crippen LogP contribution < -0.4 is 0 Å². The lowest BCUT2D eigenvalue weighted by atomic mass is 9.98. The Morgan fingerprint density at radius 3 is 2.75 bits per heavy atom. The fourth-order valence-electron chi connectivity index (χ4n) is 1.83. The van der Waals surface area contributed by atoms with Gasteiger partial charge in [-0.15, -0.1) is 11.8 Å². The highest BCUT2D eigenvalue weighted by Crippen LogP contribution is 2.43. The minimum atomic E-state index is -0.902. The summed E-state index contributed by atoms with van der Waals surface area (Å²) >= 11 is 1.47. The van der Waals surface area contributed by atoms with Crippen molar-refractivity contribution in [2.45, 2.75) is 36.0 Å². The van der Waals surface area contributed by atoms with Crippen molar-refractivity contribution >= 4 is 17.7 Å². The Balaban J connectivity index is 2.38. The minimum Gasteiger partial charge on any atom is -0.478 e. The van der Waals surface area contributed by atoms with Crippen LogP contribution in [0.4, 0.5) is 0 Å². The van der Waals surface area contributed by atoms with E-state index in [2.05, 4.69) is 0 Å². The third kappa shape index (κ3) is 1.95. The first-order chi connectivity index (χ1) is 7.39. The van der Waals surface area contributed by atoms with Gasteiger partial charge < -0.3 is 10.2 Å². The molecule has 1 heterocycles. The molecule has 0 aliphatic carbocycles. The molecule has 3 nitrogen and oxygen atoms in total. The van der Waals surface area contributed by atoms with Crippen LogP contribution in [-0.2, 0) is 6.42 Å². The Kier molecular flexibility index (Phi) is 2.72.